The summed E-state index contributed by atoms with van der Waals surface area (Å²) in [7, 11) is 0. The summed E-state index contributed by atoms with van der Waals surface area (Å²) >= 11 is 1.07. The topological polar surface area (TPSA) is 26.0 Å². The number of hydrogen-bond acceptors (Lipinski definition) is 2. The molecule has 94 valence electrons. The van der Waals surface area contributed by atoms with Crippen LogP contribution in [0.15, 0.2) is 52.3 Å². The monoisotopic (exact) mass is 265 g/mol. The quantitative estimate of drug-likeness (QED) is 0.902. The zero-order valence-corrected chi connectivity index (χ0v) is 10.7. The van der Waals surface area contributed by atoms with Crippen molar-refractivity contribution >= 4 is 11.8 Å². The molecule has 4 heteroatoms. The second kappa shape index (κ2) is 5.50. The first-order valence-corrected chi connectivity index (χ1v) is 6.37. The number of hydrogen-bond donors (Lipinski definition) is 1. The van der Waals surface area contributed by atoms with Crippen LogP contribution in [0.1, 0.15) is 18.5 Å². The van der Waals surface area contributed by atoms with Gasteiger partial charge in [-0.25, -0.2) is 8.78 Å². The van der Waals surface area contributed by atoms with Crippen molar-refractivity contribution in [1.29, 1.82) is 0 Å². The van der Waals surface area contributed by atoms with E-state index in [1.54, 1.807) is 37.3 Å². The lowest BCUT2D eigenvalue weighted by Gasteiger charge is -2.09. The smallest absolute Gasteiger partial charge is 0.137 e. The van der Waals surface area contributed by atoms with Crippen molar-refractivity contribution in [2.24, 2.45) is 5.73 Å². The predicted octanol–water partition coefficient (Wildman–Crippen LogP) is 4.14. The van der Waals surface area contributed by atoms with Crippen molar-refractivity contribution < 1.29 is 8.78 Å². The minimum atomic E-state index is -0.377. The van der Waals surface area contributed by atoms with Crippen molar-refractivity contribution in [3.05, 3.63) is 59.7 Å². The Morgan fingerprint density at radius 1 is 1.00 bits per heavy atom. The highest BCUT2D eigenvalue weighted by molar-refractivity contribution is 7.99. The third-order valence-electron chi connectivity index (χ3n) is 2.54. The van der Waals surface area contributed by atoms with Crippen LogP contribution in [0.5, 0.6) is 0 Å². The van der Waals surface area contributed by atoms with E-state index >= 15 is 0 Å². The van der Waals surface area contributed by atoms with Crippen LogP contribution in [0.4, 0.5) is 8.78 Å². The maximum atomic E-state index is 13.8. The van der Waals surface area contributed by atoms with E-state index in [-0.39, 0.29) is 17.7 Å². The average Bonchev–Trinajstić information content (AvgIpc) is 2.34. The highest BCUT2D eigenvalue weighted by Crippen LogP contribution is 2.32. The molecule has 2 N–H and O–H groups in total. The van der Waals surface area contributed by atoms with Gasteiger partial charge in [0.15, 0.2) is 0 Å². The van der Waals surface area contributed by atoms with Gasteiger partial charge in [0.1, 0.15) is 11.6 Å². The summed E-state index contributed by atoms with van der Waals surface area (Å²) in [6.07, 6.45) is 0. The Balaban J connectivity index is 2.28. The predicted molar refractivity (Wildman–Crippen MR) is 69.5 cm³/mol. The summed E-state index contributed by atoms with van der Waals surface area (Å²) in [6, 6.07) is 10.9. The van der Waals surface area contributed by atoms with Gasteiger partial charge in [-0.15, -0.1) is 0 Å². The Kier molecular flexibility index (Phi) is 3.99. The summed E-state index contributed by atoms with van der Waals surface area (Å²) in [6.45, 7) is 1.79. The van der Waals surface area contributed by atoms with E-state index in [9.17, 15) is 8.78 Å². The van der Waals surface area contributed by atoms with Crippen LogP contribution in [0.25, 0.3) is 0 Å². The van der Waals surface area contributed by atoms with E-state index in [4.69, 9.17) is 5.73 Å². The number of benzene rings is 2. The van der Waals surface area contributed by atoms with Gasteiger partial charge in [-0.2, -0.15) is 0 Å². The van der Waals surface area contributed by atoms with Crippen LogP contribution in [-0.2, 0) is 0 Å². The molecule has 1 nitrogen and oxygen atoms in total. The van der Waals surface area contributed by atoms with Crippen molar-refractivity contribution in [2.45, 2.75) is 22.8 Å². The molecule has 0 saturated carbocycles. The molecular formula is C14H13F2NS. The zero-order valence-electron chi connectivity index (χ0n) is 9.86. The van der Waals surface area contributed by atoms with Gasteiger partial charge >= 0.3 is 0 Å². The fourth-order valence-electron chi connectivity index (χ4n) is 1.53. The Labute approximate surface area is 109 Å². The summed E-state index contributed by atoms with van der Waals surface area (Å²) in [5.41, 5.74) is 6.40. The maximum absolute atomic E-state index is 13.8. The largest absolute Gasteiger partial charge is 0.324 e. The molecule has 0 amide bonds. The molecule has 0 aromatic heterocycles. The first kappa shape index (κ1) is 13.1. The highest BCUT2D eigenvalue weighted by atomic mass is 32.2. The van der Waals surface area contributed by atoms with Crippen LogP contribution in [0.3, 0.4) is 0 Å². The summed E-state index contributed by atoms with van der Waals surface area (Å²) < 4.78 is 27.3. The van der Waals surface area contributed by atoms with Gasteiger partial charge in [-0.1, -0.05) is 30.0 Å². The van der Waals surface area contributed by atoms with Crippen LogP contribution in [0.2, 0.25) is 0 Å². The SMILES string of the molecule is CC(N)c1ccc(Sc2ccccc2F)c(F)c1. The summed E-state index contributed by atoms with van der Waals surface area (Å²) in [4.78, 5) is 0.800. The third-order valence-corrected chi connectivity index (χ3v) is 3.64. The van der Waals surface area contributed by atoms with E-state index in [0.29, 0.717) is 9.79 Å². The lowest BCUT2D eigenvalue weighted by Crippen LogP contribution is -2.05. The maximum Gasteiger partial charge on any atom is 0.137 e. The number of nitrogens with two attached hydrogens (primary N) is 1. The van der Waals surface area contributed by atoms with Crippen LogP contribution in [-0.4, -0.2) is 0 Å². The molecule has 0 radical (unpaired) electrons. The molecule has 0 bridgehead atoms. The molecule has 0 saturated heterocycles. The highest BCUT2D eigenvalue weighted by Gasteiger charge is 2.09. The fraction of sp³-hybridized carbons (Fsp3) is 0.143. The zero-order chi connectivity index (χ0) is 13.1. The van der Waals surface area contributed by atoms with Gasteiger partial charge in [-0.3, -0.25) is 0 Å². The van der Waals surface area contributed by atoms with E-state index < -0.39 is 0 Å². The van der Waals surface area contributed by atoms with Gasteiger partial charge in [-0.05, 0) is 36.8 Å². The molecule has 2 aromatic carbocycles. The second-order valence-corrected chi connectivity index (χ2v) is 5.09. The van der Waals surface area contributed by atoms with Crippen molar-refractivity contribution in [1.82, 2.24) is 0 Å². The molecule has 0 heterocycles. The van der Waals surface area contributed by atoms with E-state index in [2.05, 4.69) is 0 Å². The normalized spacial score (nSPS) is 12.4. The average molecular weight is 265 g/mol. The molecule has 0 aliphatic heterocycles. The Morgan fingerprint density at radius 2 is 1.67 bits per heavy atom. The summed E-state index contributed by atoms with van der Waals surface area (Å²) in [5.74, 6) is -0.726. The van der Waals surface area contributed by atoms with Gasteiger partial charge in [0, 0.05) is 15.8 Å². The minimum Gasteiger partial charge on any atom is -0.324 e. The van der Waals surface area contributed by atoms with Gasteiger partial charge in [0.2, 0.25) is 0 Å². The first-order chi connectivity index (χ1) is 8.58. The van der Waals surface area contributed by atoms with E-state index in [1.165, 1.54) is 12.1 Å². The van der Waals surface area contributed by atoms with Crippen molar-refractivity contribution in [3.63, 3.8) is 0 Å². The Morgan fingerprint density at radius 3 is 2.28 bits per heavy atom. The van der Waals surface area contributed by atoms with Gasteiger partial charge < -0.3 is 5.73 Å². The van der Waals surface area contributed by atoms with E-state index in [0.717, 1.165) is 17.3 Å². The molecular weight excluding hydrogens is 252 g/mol. The van der Waals surface area contributed by atoms with Crippen molar-refractivity contribution in [3.8, 4) is 0 Å². The molecule has 0 spiro atoms. The molecule has 1 unspecified atom stereocenters. The van der Waals surface area contributed by atoms with Crippen LogP contribution in [0, 0.1) is 11.6 Å². The minimum absolute atomic E-state index is 0.216. The van der Waals surface area contributed by atoms with E-state index in [1.807, 2.05) is 0 Å². The molecule has 0 aliphatic rings. The number of rotatable bonds is 3. The second-order valence-electron chi connectivity index (χ2n) is 4.01. The summed E-state index contributed by atoms with van der Waals surface area (Å²) in [5, 5.41) is 0. The Bertz CT molecular complexity index is 555. The Hall–Kier alpha value is -1.39. The standard InChI is InChI=1S/C14H13F2NS/c1-9(17)10-6-7-14(12(16)8-10)18-13-5-3-2-4-11(13)15/h2-9H,17H2,1H3. The van der Waals surface area contributed by atoms with Gasteiger partial charge in [0.05, 0.1) is 0 Å². The molecule has 18 heavy (non-hydrogen) atoms. The molecule has 0 aliphatic carbocycles. The first-order valence-electron chi connectivity index (χ1n) is 5.55. The third kappa shape index (κ3) is 2.89. The van der Waals surface area contributed by atoms with Gasteiger partial charge in [0.25, 0.3) is 0 Å². The van der Waals surface area contributed by atoms with Crippen LogP contribution >= 0.6 is 11.8 Å². The molecule has 1 atom stereocenters. The molecule has 2 rings (SSSR count). The lowest BCUT2D eigenvalue weighted by atomic mass is 10.1. The molecule has 2 aromatic rings. The van der Waals surface area contributed by atoms with Crippen molar-refractivity contribution in [2.75, 3.05) is 0 Å². The molecule has 0 fully saturated rings. The van der Waals surface area contributed by atoms with Crippen LogP contribution < -0.4 is 5.73 Å². The fourth-order valence-corrected chi connectivity index (χ4v) is 2.37. The lowest BCUT2D eigenvalue weighted by molar-refractivity contribution is 0.592. The number of halogens is 2.